The average Bonchev–Trinajstić information content (AvgIpc) is 3.17. The molecule has 0 spiro atoms. The lowest BCUT2D eigenvalue weighted by Crippen LogP contribution is -2.53. The van der Waals surface area contributed by atoms with Crippen LogP contribution in [0.15, 0.2) is 23.7 Å². The number of amides is 1. The zero-order chi connectivity index (χ0) is 21.3. The molecule has 0 saturated carbocycles. The fourth-order valence-corrected chi connectivity index (χ4v) is 4.10. The number of nitrogen functional groups attached to an aromatic ring is 1. The number of nitrogens with one attached hydrogen (secondary N) is 1. The van der Waals surface area contributed by atoms with E-state index in [4.69, 9.17) is 15.3 Å². The molecule has 1 fully saturated rings. The number of thiazole rings is 1. The molecule has 0 aliphatic carbocycles. The topological polar surface area (TPSA) is 119 Å². The van der Waals surface area contributed by atoms with Crippen molar-refractivity contribution in [3.63, 3.8) is 0 Å². The highest BCUT2D eigenvalue weighted by Gasteiger charge is 2.29. The highest BCUT2D eigenvalue weighted by atomic mass is 32.1. The number of hydrogen-bond acceptors (Lipinski definition) is 10. The van der Waals surface area contributed by atoms with Gasteiger partial charge in [-0.15, -0.1) is 16.4 Å². The Balaban J connectivity index is 1.39. The van der Waals surface area contributed by atoms with Crippen molar-refractivity contribution in [1.82, 2.24) is 20.0 Å². The molecule has 1 unspecified atom stereocenters. The van der Waals surface area contributed by atoms with Crippen molar-refractivity contribution >= 4 is 45.2 Å². The monoisotopic (exact) mass is 429 g/mol. The van der Waals surface area contributed by atoms with Crippen LogP contribution in [0.5, 0.6) is 5.75 Å². The number of anilines is 3. The van der Waals surface area contributed by atoms with E-state index in [9.17, 15) is 4.79 Å². The molecule has 10 nitrogen and oxygen atoms in total. The number of benzene rings is 1. The standard InChI is InChI=1S/C19H23N7O3S/c1-11-8-13(28-3)4-5-14(11)22-19(27)29-25-6-7-26(12(2)9-25)16-15-17(30-10-21-15)24-18(20)23-16/h4-5,8,10,12H,6-7,9H2,1-3H3,(H,22,27)(H2,20,23,24). The molecule has 1 aromatic carbocycles. The van der Waals surface area contributed by atoms with Crippen molar-refractivity contribution in [2.45, 2.75) is 19.9 Å². The molecule has 1 aliphatic rings. The number of carbonyl (C=O) groups is 1. The molecule has 1 saturated heterocycles. The van der Waals surface area contributed by atoms with E-state index in [1.807, 2.05) is 19.9 Å². The van der Waals surface area contributed by atoms with Gasteiger partial charge in [0.1, 0.15) is 11.3 Å². The van der Waals surface area contributed by atoms with Crippen LogP contribution < -0.4 is 20.7 Å². The Labute approximate surface area is 177 Å². The molecule has 158 valence electrons. The number of ether oxygens (including phenoxy) is 1. The number of carbonyl (C=O) groups excluding carboxylic acids is 1. The molecule has 3 N–H and O–H groups in total. The van der Waals surface area contributed by atoms with Crippen molar-refractivity contribution < 1.29 is 14.4 Å². The van der Waals surface area contributed by atoms with Crippen LogP contribution in [0.1, 0.15) is 12.5 Å². The quantitative estimate of drug-likeness (QED) is 0.645. The van der Waals surface area contributed by atoms with Gasteiger partial charge >= 0.3 is 6.09 Å². The van der Waals surface area contributed by atoms with Gasteiger partial charge in [-0.25, -0.2) is 14.8 Å². The van der Waals surface area contributed by atoms with Crippen LogP contribution in [0, 0.1) is 6.92 Å². The largest absolute Gasteiger partial charge is 0.497 e. The molecule has 3 aromatic rings. The summed E-state index contributed by atoms with van der Waals surface area (Å²) in [6.45, 7) is 5.59. The number of rotatable bonds is 4. The SMILES string of the molecule is COc1ccc(NC(=O)ON2CCN(c3nc(N)nc4scnc34)C(C)C2)c(C)c1. The zero-order valence-corrected chi connectivity index (χ0v) is 17.8. The van der Waals surface area contributed by atoms with Gasteiger partial charge in [-0.3, -0.25) is 5.32 Å². The van der Waals surface area contributed by atoms with Gasteiger partial charge in [0.05, 0.1) is 25.7 Å². The summed E-state index contributed by atoms with van der Waals surface area (Å²) in [5.41, 5.74) is 9.90. The van der Waals surface area contributed by atoms with E-state index in [1.54, 1.807) is 29.8 Å². The zero-order valence-electron chi connectivity index (χ0n) is 17.0. The van der Waals surface area contributed by atoms with E-state index in [1.165, 1.54) is 11.3 Å². The van der Waals surface area contributed by atoms with Gasteiger partial charge in [0.15, 0.2) is 10.6 Å². The molecule has 2 aromatic heterocycles. The lowest BCUT2D eigenvalue weighted by molar-refractivity contribution is -0.103. The van der Waals surface area contributed by atoms with Gasteiger partial charge in [0.2, 0.25) is 5.95 Å². The number of hydrogen-bond donors (Lipinski definition) is 2. The molecule has 1 atom stereocenters. The maximum absolute atomic E-state index is 12.4. The molecule has 3 heterocycles. The maximum atomic E-state index is 12.4. The highest BCUT2D eigenvalue weighted by molar-refractivity contribution is 7.16. The second-order valence-electron chi connectivity index (χ2n) is 7.03. The number of nitrogens with two attached hydrogens (primary N) is 1. The second kappa shape index (κ2) is 8.28. The predicted molar refractivity (Wildman–Crippen MR) is 116 cm³/mol. The highest BCUT2D eigenvalue weighted by Crippen LogP contribution is 2.29. The van der Waals surface area contributed by atoms with Gasteiger partial charge in [-0.05, 0) is 37.6 Å². The molecular formula is C19H23N7O3S. The third-order valence-corrected chi connectivity index (χ3v) is 5.66. The third kappa shape index (κ3) is 4.07. The Morgan fingerprint density at radius 1 is 1.33 bits per heavy atom. The molecule has 30 heavy (non-hydrogen) atoms. The third-order valence-electron chi connectivity index (χ3n) is 4.94. The molecule has 0 bridgehead atoms. The summed E-state index contributed by atoms with van der Waals surface area (Å²) in [5, 5.41) is 4.43. The van der Waals surface area contributed by atoms with E-state index in [-0.39, 0.29) is 12.0 Å². The normalized spacial score (nSPS) is 17.2. The fourth-order valence-electron chi connectivity index (χ4n) is 3.44. The molecule has 0 radical (unpaired) electrons. The van der Waals surface area contributed by atoms with Crippen molar-refractivity contribution in [1.29, 1.82) is 0 Å². The molecule has 4 rings (SSSR count). The van der Waals surface area contributed by atoms with Gasteiger partial charge in [0, 0.05) is 18.3 Å². The number of fused-ring (bicyclic) bond motifs is 1. The number of piperazine rings is 1. The number of nitrogens with zero attached hydrogens (tertiary/aromatic N) is 5. The Kier molecular flexibility index (Phi) is 5.55. The van der Waals surface area contributed by atoms with Crippen molar-refractivity contribution in [3.05, 3.63) is 29.3 Å². The molecule has 11 heteroatoms. The maximum Gasteiger partial charge on any atom is 0.430 e. The molecule has 1 aliphatic heterocycles. The number of hydroxylamine groups is 2. The van der Waals surface area contributed by atoms with Gasteiger partial charge in [0.25, 0.3) is 0 Å². The first-order valence-corrected chi connectivity index (χ1v) is 10.3. The Morgan fingerprint density at radius 3 is 2.90 bits per heavy atom. The van der Waals surface area contributed by atoms with Crippen LogP contribution in [0.3, 0.4) is 0 Å². The van der Waals surface area contributed by atoms with E-state index >= 15 is 0 Å². The Bertz CT molecular complexity index is 1070. The summed E-state index contributed by atoms with van der Waals surface area (Å²) in [4.78, 5) is 33.8. The van der Waals surface area contributed by atoms with E-state index in [0.29, 0.717) is 31.1 Å². The summed E-state index contributed by atoms with van der Waals surface area (Å²) >= 11 is 1.43. The smallest absolute Gasteiger partial charge is 0.430 e. The summed E-state index contributed by atoms with van der Waals surface area (Å²) in [6, 6.07) is 5.46. The Morgan fingerprint density at radius 2 is 2.17 bits per heavy atom. The van der Waals surface area contributed by atoms with E-state index in [2.05, 4.69) is 25.2 Å². The van der Waals surface area contributed by atoms with Gasteiger partial charge in [-0.1, -0.05) is 0 Å². The summed E-state index contributed by atoms with van der Waals surface area (Å²) in [6.07, 6.45) is -0.530. The predicted octanol–water partition coefficient (Wildman–Crippen LogP) is 2.66. The van der Waals surface area contributed by atoms with Crippen LogP contribution in [0.25, 0.3) is 10.3 Å². The number of methoxy groups -OCH3 is 1. The number of aromatic nitrogens is 3. The second-order valence-corrected chi connectivity index (χ2v) is 7.86. The first kappa shape index (κ1) is 20.1. The minimum absolute atomic E-state index is 0.0356. The summed E-state index contributed by atoms with van der Waals surface area (Å²) < 4.78 is 5.19. The summed E-state index contributed by atoms with van der Waals surface area (Å²) in [5.74, 6) is 1.67. The van der Waals surface area contributed by atoms with Crippen molar-refractivity contribution in [2.24, 2.45) is 0 Å². The van der Waals surface area contributed by atoms with E-state index in [0.717, 1.165) is 21.7 Å². The van der Waals surface area contributed by atoms with Gasteiger partial charge in [-0.2, -0.15) is 4.98 Å². The average molecular weight is 430 g/mol. The van der Waals surface area contributed by atoms with Crippen molar-refractivity contribution in [3.8, 4) is 5.75 Å². The molecular weight excluding hydrogens is 406 g/mol. The first-order chi connectivity index (χ1) is 14.4. The number of aryl methyl sites for hydroxylation is 1. The minimum Gasteiger partial charge on any atom is -0.497 e. The van der Waals surface area contributed by atoms with Crippen LogP contribution >= 0.6 is 11.3 Å². The van der Waals surface area contributed by atoms with Crippen molar-refractivity contribution in [2.75, 3.05) is 42.7 Å². The van der Waals surface area contributed by atoms with E-state index < -0.39 is 6.09 Å². The fraction of sp³-hybridized carbons (Fsp3) is 0.368. The van der Waals surface area contributed by atoms with Gasteiger partial charge < -0.3 is 20.2 Å². The van der Waals surface area contributed by atoms with Crippen LogP contribution in [-0.2, 0) is 4.84 Å². The van der Waals surface area contributed by atoms with Crippen LogP contribution in [0.2, 0.25) is 0 Å². The summed E-state index contributed by atoms with van der Waals surface area (Å²) in [7, 11) is 1.60. The lowest BCUT2D eigenvalue weighted by Gasteiger charge is -2.39. The minimum atomic E-state index is -0.530. The molecule has 1 amide bonds. The Hall–Kier alpha value is -3.18. The first-order valence-electron chi connectivity index (χ1n) is 9.46. The van der Waals surface area contributed by atoms with Crippen LogP contribution in [-0.4, -0.2) is 58.9 Å². The van der Waals surface area contributed by atoms with Crippen LogP contribution in [0.4, 0.5) is 22.2 Å². The lowest BCUT2D eigenvalue weighted by atomic mass is 10.2.